The van der Waals surface area contributed by atoms with Crippen molar-refractivity contribution in [1.82, 2.24) is 4.90 Å². The molecule has 0 spiro atoms. The second kappa shape index (κ2) is 3.02. The summed E-state index contributed by atoms with van der Waals surface area (Å²) in [5.41, 5.74) is 0. The highest BCUT2D eigenvalue weighted by atomic mass is 16.5. The molecule has 82 valence electrons. The number of β-amino-alcohol motifs (C(OH)–C–C–N with tert-alkyl or cyclic N) is 1. The second-order valence-electron chi connectivity index (χ2n) is 4.39. The summed E-state index contributed by atoms with van der Waals surface area (Å²) >= 11 is 0. The van der Waals surface area contributed by atoms with Crippen LogP contribution in [0.3, 0.4) is 0 Å². The highest BCUT2D eigenvalue weighted by molar-refractivity contribution is 6.06. The van der Waals surface area contributed by atoms with E-state index >= 15 is 0 Å². The summed E-state index contributed by atoms with van der Waals surface area (Å²) in [6, 6.07) is 0. The third-order valence-electron chi connectivity index (χ3n) is 3.70. The topological polar surface area (TPSA) is 66.8 Å². The maximum absolute atomic E-state index is 11.9. The SMILES string of the molecule is O=C1[C@@H]2[C@H](C(=O)N1CCO)[C@H]1CC[C@@H]2O1. The quantitative estimate of drug-likeness (QED) is 0.604. The molecule has 1 N–H and O–H groups in total. The zero-order chi connectivity index (χ0) is 10.6. The number of imide groups is 1. The van der Waals surface area contributed by atoms with E-state index in [1.54, 1.807) is 0 Å². The van der Waals surface area contributed by atoms with Crippen LogP contribution in [0.4, 0.5) is 0 Å². The highest BCUT2D eigenvalue weighted by Crippen LogP contribution is 2.48. The van der Waals surface area contributed by atoms with Gasteiger partial charge in [-0.25, -0.2) is 0 Å². The molecule has 0 aromatic heterocycles. The zero-order valence-corrected chi connectivity index (χ0v) is 8.26. The van der Waals surface area contributed by atoms with Crippen LogP contribution in [0.5, 0.6) is 0 Å². The molecule has 0 aromatic rings. The van der Waals surface area contributed by atoms with Crippen molar-refractivity contribution >= 4 is 11.8 Å². The molecule has 2 amide bonds. The summed E-state index contributed by atoms with van der Waals surface area (Å²) in [4.78, 5) is 25.0. The minimum Gasteiger partial charge on any atom is -0.395 e. The molecule has 4 atom stereocenters. The van der Waals surface area contributed by atoms with Gasteiger partial charge >= 0.3 is 0 Å². The molecule has 3 fully saturated rings. The monoisotopic (exact) mass is 211 g/mol. The average Bonchev–Trinajstić information content (AvgIpc) is 2.87. The van der Waals surface area contributed by atoms with Gasteiger partial charge in [-0.05, 0) is 12.8 Å². The maximum Gasteiger partial charge on any atom is 0.235 e. The van der Waals surface area contributed by atoms with Crippen LogP contribution < -0.4 is 0 Å². The number of aliphatic hydroxyl groups excluding tert-OH is 1. The normalized spacial score (nSPS) is 42.9. The fourth-order valence-corrected chi connectivity index (χ4v) is 3.09. The van der Waals surface area contributed by atoms with Crippen LogP contribution in [-0.4, -0.2) is 47.2 Å². The molecule has 3 rings (SSSR count). The van der Waals surface area contributed by atoms with Crippen LogP contribution in [-0.2, 0) is 14.3 Å². The van der Waals surface area contributed by atoms with Crippen molar-refractivity contribution in [2.45, 2.75) is 25.0 Å². The molecule has 3 heterocycles. The van der Waals surface area contributed by atoms with Gasteiger partial charge in [0.1, 0.15) is 0 Å². The van der Waals surface area contributed by atoms with Crippen LogP contribution in [0.1, 0.15) is 12.8 Å². The van der Waals surface area contributed by atoms with Crippen LogP contribution in [0.25, 0.3) is 0 Å². The minimum atomic E-state index is -0.261. The Bertz CT molecular complexity index is 301. The number of aliphatic hydroxyl groups is 1. The molecular weight excluding hydrogens is 198 g/mol. The minimum absolute atomic E-state index is 0.0554. The molecule has 5 heteroatoms. The smallest absolute Gasteiger partial charge is 0.235 e. The average molecular weight is 211 g/mol. The lowest BCUT2D eigenvalue weighted by atomic mass is 9.81. The molecule has 0 aliphatic carbocycles. The Hall–Kier alpha value is -0.940. The van der Waals surface area contributed by atoms with Crippen molar-refractivity contribution in [3.8, 4) is 0 Å². The number of likely N-dealkylation sites (tertiary alicyclic amines) is 1. The first-order valence-corrected chi connectivity index (χ1v) is 5.35. The second-order valence-corrected chi connectivity index (χ2v) is 4.39. The number of fused-ring (bicyclic) bond motifs is 5. The Labute approximate surface area is 87.0 Å². The molecule has 0 aromatic carbocycles. The summed E-state index contributed by atoms with van der Waals surface area (Å²) in [6.45, 7) is -0.0305. The standard InChI is InChI=1S/C10H13NO4/c12-4-3-11-9(13)7-5-1-2-6(15-5)8(7)10(11)14/h5-8,12H,1-4H2/t5-,6+,7-,8+. The number of ether oxygens (including phenoxy) is 1. The van der Waals surface area contributed by atoms with Crippen molar-refractivity contribution in [2.75, 3.05) is 13.2 Å². The summed E-state index contributed by atoms with van der Waals surface area (Å²) in [5.74, 6) is -0.817. The molecule has 0 radical (unpaired) electrons. The van der Waals surface area contributed by atoms with E-state index in [1.807, 2.05) is 0 Å². The largest absolute Gasteiger partial charge is 0.395 e. The number of rotatable bonds is 2. The van der Waals surface area contributed by atoms with Gasteiger partial charge in [0.15, 0.2) is 0 Å². The van der Waals surface area contributed by atoms with E-state index in [9.17, 15) is 9.59 Å². The number of hydrogen-bond donors (Lipinski definition) is 1. The Morgan fingerprint density at radius 2 is 1.73 bits per heavy atom. The van der Waals surface area contributed by atoms with E-state index in [1.165, 1.54) is 4.90 Å². The molecule has 2 bridgehead atoms. The van der Waals surface area contributed by atoms with Gasteiger partial charge < -0.3 is 9.84 Å². The van der Waals surface area contributed by atoms with E-state index in [2.05, 4.69) is 0 Å². The third kappa shape index (κ3) is 1.05. The van der Waals surface area contributed by atoms with E-state index in [0.29, 0.717) is 0 Å². The van der Waals surface area contributed by atoms with Crippen molar-refractivity contribution in [3.05, 3.63) is 0 Å². The highest BCUT2D eigenvalue weighted by Gasteiger charge is 2.62. The van der Waals surface area contributed by atoms with E-state index in [-0.39, 0.29) is 49.0 Å². The van der Waals surface area contributed by atoms with Gasteiger partial charge in [-0.15, -0.1) is 0 Å². The van der Waals surface area contributed by atoms with Crippen molar-refractivity contribution in [1.29, 1.82) is 0 Å². The number of carbonyl (C=O) groups excluding carboxylic acids is 2. The fourth-order valence-electron chi connectivity index (χ4n) is 3.09. The first kappa shape index (κ1) is 9.30. The Morgan fingerprint density at radius 3 is 2.20 bits per heavy atom. The van der Waals surface area contributed by atoms with E-state index in [0.717, 1.165) is 12.8 Å². The Balaban J connectivity index is 1.90. The lowest BCUT2D eigenvalue weighted by Crippen LogP contribution is -2.36. The number of carbonyl (C=O) groups is 2. The van der Waals surface area contributed by atoms with Crippen LogP contribution >= 0.6 is 0 Å². The van der Waals surface area contributed by atoms with E-state index < -0.39 is 0 Å². The lowest BCUT2D eigenvalue weighted by Gasteiger charge is -2.15. The first-order valence-electron chi connectivity index (χ1n) is 5.35. The van der Waals surface area contributed by atoms with Crippen LogP contribution in [0, 0.1) is 11.8 Å². The molecule has 3 saturated heterocycles. The van der Waals surface area contributed by atoms with Gasteiger partial charge in [0, 0.05) is 0 Å². The molecule has 3 aliphatic heterocycles. The zero-order valence-electron chi connectivity index (χ0n) is 8.26. The summed E-state index contributed by atoms with van der Waals surface area (Å²) < 4.78 is 5.58. The number of hydrogen-bond acceptors (Lipinski definition) is 4. The molecular formula is C10H13NO4. The summed E-state index contributed by atoms with van der Waals surface area (Å²) in [6.07, 6.45) is 1.66. The van der Waals surface area contributed by atoms with Gasteiger partial charge in [-0.1, -0.05) is 0 Å². The van der Waals surface area contributed by atoms with Crippen LogP contribution in [0.15, 0.2) is 0 Å². The Morgan fingerprint density at radius 1 is 1.20 bits per heavy atom. The Kier molecular flexibility index (Phi) is 1.87. The lowest BCUT2D eigenvalue weighted by molar-refractivity contribution is -0.143. The van der Waals surface area contributed by atoms with Crippen molar-refractivity contribution < 1.29 is 19.4 Å². The van der Waals surface area contributed by atoms with Crippen LogP contribution in [0.2, 0.25) is 0 Å². The fraction of sp³-hybridized carbons (Fsp3) is 0.800. The molecule has 15 heavy (non-hydrogen) atoms. The molecule has 0 unspecified atom stereocenters. The van der Waals surface area contributed by atoms with Gasteiger partial charge in [0.05, 0.1) is 37.2 Å². The molecule has 3 aliphatic rings. The predicted molar refractivity (Wildman–Crippen MR) is 48.7 cm³/mol. The molecule has 5 nitrogen and oxygen atoms in total. The van der Waals surface area contributed by atoms with Gasteiger partial charge in [0.2, 0.25) is 11.8 Å². The van der Waals surface area contributed by atoms with Gasteiger partial charge in [0.25, 0.3) is 0 Å². The summed E-state index contributed by atoms with van der Waals surface area (Å²) in [5, 5.41) is 8.80. The van der Waals surface area contributed by atoms with E-state index in [4.69, 9.17) is 9.84 Å². The summed E-state index contributed by atoms with van der Waals surface area (Å²) in [7, 11) is 0. The predicted octanol–water partition coefficient (Wildman–Crippen LogP) is -0.859. The van der Waals surface area contributed by atoms with Gasteiger partial charge in [-0.2, -0.15) is 0 Å². The molecule has 0 saturated carbocycles. The number of nitrogens with zero attached hydrogens (tertiary/aromatic N) is 1. The van der Waals surface area contributed by atoms with Crippen molar-refractivity contribution in [3.63, 3.8) is 0 Å². The number of amides is 2. The van der Waals surface area contributed by atoms with Gasteiger partial charge in [-0.3, -0.25) is 14.5 Å². The first-order chi connectivity index (χ1) is 7.24. The third-order valence-corrected chi connectivity index (χ3v) is 3.70. The maximum atomic E-state index is 11.9. The van der Waals surface area contributed by atoms with Crippen molar-refractivity contribution in [2.24, 2.45) is 11.8 Å².